The molecule has 0 atom stereocenters. The van der Waals surface area contributed by atoms with Crippen LogP contribution in [0.25, 0.3) is 0 Å². The zero-order valence-electron chi connectivity index (χ0n) is 10.9. The van der Waals surface area contributed by atoms with Crippen LogP contribution in [0.2, 0.25) is 0 Å². The summed E-state index contributed by atoms with van der Waals surface area (Å²) in [6.07, 6.45) is 5.61. The van der Waals surface area contributed by atoms with E-state index < -0.39 is 11.0 Å². The standard InChI is InChI=1S/C14H14N2O4/c1-3-5-9-13(4-2)20-14(17)15-11-7-6-8-12(10-11)16(18)19/h3-10H,1H2,2H3,(H,15,17)/b9-5-,13-4+. The average molecular weight is 274 g/mol. The Morgan fingerprint density at radius 2 is 2.25 bits per heavy atom. The van der Waals surface area contributed by atoms with Gasteiger partial charge in [-0.15, -0.1) is 0 Å². The Bertz CT molecular complexity index is 576. The highest BCUT2D eigenvalue weighted by Crippen LogP contribution is 2.17. The third-order valence-electron chi connectivity index (χ3n) is 2.20. The maximum atomic E-state index is 11.6. The number of rotatable bonds is 5. The van der Waals surface area contributed by atoms with Crippen LogP contribution in [0.4, 0.5) is 16.2 Å². The third kappa shape index (κ3) is 4.77. The summed E-state index contributed by atoms with van der Waals surface area (Å²) in [6.45, 7) is 5.22. The van der Waals surface area contributed by atoms with Gasteiger partial charge >= 0.3 is 6.09 Å². The summed E-state index contributed by atoms with van der Waals surface area (Å²) in [5.74, 6) is 0.341. The molecule has 0 fully saturated rings. The summed E-state index contributed by atoms with van der Waals surface area (Å²) in [6, 6.07) is 5.59. The second-order valence-electron chi connectivity index (χ2n) is 3.61. The summed E-state index contributed by atoms with van der Waals surface area (Å²) in [5.41, 5.74) is 0.174. The summed E-state index contributed by atoms with van der Waals surface area (Å²) >= 11 is 0. The molecule has 0 bridgehead atoms. The molecule has 104 valence electrons. The minimum atomic E-state index is -0.729. The lowest BCUT2D eigenvalue weighted by Crippen LogP contribution is -2.12. The number of nitro groups is 1. The molecular formula is C14H14N2O4. The summed E-state index contributed by atoms with van der Waals surface area (Å²) in [7, 11) is 0. The molecule has 0 heterocycles. The van der Waals surface area contributed by atoms with E-state index >= 15 is 0 Å². The Balaban J connectivity index is 2.71. The van der Waals surface area contributed by atoms with Gasteiger partial charge in [0.25, 0.3) is 5.69 Å². The zero-order chi connectivity index (χ0) is 15.0. The fourth-order valence-corrected chi connectivity index (χ4v) is 1.30. The van der Waals surface area contributed by atoms with Gasteiger partial charge in [-0.2, -0.15) is 0 Å². The maximum Gasteiger partial charge on any atom is 0.417 e. The van der Waals surface area contributed by atoms with Crippen molar-refractivity contribution in [2.75, 3.05) is 5.32 Å². The molecule has 1 N–H and O–H groups in total. The van der Waals surface area contributed by atoms with E-state index in [1.165, 1.54) is 24.3 Å². The number of amides is 1. The normalized spacial score (nSPS) is 11.2. The molecule has 20 heavy (non-hydrogen) atoms. The van der Waals surface area contributed by atoms with Crippen LogP contribution >= 0.6 is 0 Å². The number of hydrogen-bond donors (Lipinski definition) is 1. The summed E-state index contributed by atoms with van der Waals surface area (Å²) in [4.78, 5) is 21.7. The topological polar surface area (TPSA) is 81.5 Å². The van der Waals surface area contributed by atoms with Crippen molar-refractivity contribution in [3.8, 4) is 0 Å². The van der Waals surface area contributed by atoms with Crippen LogP contribution in [0.3, 0.4) is 0 Å². The Morgan fingerprint density at radius 1 is 1.50 bits per heavy atom. The van der Waals surface area contributed by atoms with Crippen molar-refractivity contribution in [2.24, 2.45) is 0 Å². The minimum Gasteiger partial charge on any atom is -0.410 e. The highest BCUT2D eigenvalue weighted by Gasteiger charge is 2.09. The lowest BCUT2D eigenvalue weighted by molar-refractivity contribution is -0.384. The molecule has 0 aliphatic heterocycles. The zero-order valence-corrected chi connectivity index (χ0v) is 10.9. The van der Waals surface area contributed by atoms with Gasteiger partial charge in [0.15, 0.2) is 0 Å². The number of hydrogen-bond acceptors (Lipinski definition) is 4. The van der Waals surface area contributed by atoms with Crippen LogP contribution in [0.5, 0.6) is 0 Å². The number of nitro benzene ring substituents is 1. The number of nitrogens with one attached hydrogen (secondary N) is 1. The molecule has 0 aromatic heterocycles. The van der Waals surface area contributed by atoms with E-state index in [1.807, 2.05) is 0 Å². The van der Waals surface area contributed by atoms with Crippen LogP contribution in [0.15, 0.2) is 60.9 Å². The van der Waals surface area contributed by atoms with Gasteiger partial charge in [-0.3, -0.25) is 15.4 Å². The monoisotopic (exact) mass is 274 g/mol. The van der Waals surface area contributed by atoms with E-state index in [0.717, 1.165) is 0 Å². The predicted molar refractivity (Wildman–Crippen MR) is 76.3 cm³/mol. The van der Waals surface area contributed by atoms with Crippen LogP contribution in [-0.2, 0) is 4.74 Å². The van der Waals surface area contributed by atoms with Gasteiger partial charge in [0.05, 0.1) is 10.6 Å². The SMILES string of the molecule is C=C/C=C\C(=C/C)OC(=O)Nc1cccc([N+](=O)[O-])c1. The molecule has 1 aromatic rings. The highest BCUT2D eigenvalue weighted by molar-refractivity contribution is 5.85. The maximum absolute atomic E-state index is 11.6. The van der Waals surface area contributed by atoms with E-state index in [0.29, 0.717) is 5.76 Å². The van der Waals surface area contributed by atoms with Gasteiger partial charge in [-0.25, -0.2) is 4.79 Å². The molecule has 0 radical (unpaired) electrons. The lowest BCUT2D eigenvalue weighted by atomic mass is 10.3. The molecule has 0 unspecified atom stereocenters. The molecule has 6 nitrogen and oxygen atoms in total. The Hall–Kier alpha value is -2.89. The Morgan fingerprint density at radius 3 is 2.85 bits per heavy atom. The number of non-ortho nitro benzene ring substituents is 1. The molecular weight excluding hydrogens is 260 g/mol. The lowest BCUT2D eigenvalue weighted by Gasteiger charge is -2.06. The number of allylic oxidation sites excluding steroid dienone is 4. The molecule has 1 amide bonds. The minimum absolute atomic E-state index is 0.111. The van der Waals surface area contributed by atoms with Crippen molar-refractivity contribution in [3.05, 3.63) is 71.0 Å². The van der Waals surface area contributed by atoms with E-state index in [-0.39, 0.29) is 11.4 Å². The molecule has 1 aromatic carbocycles. The molecule has 0 spiro atoms. The average Bonchev–Trinajstić information content (AvgIpc) is 2.43. The fraction of sp³-hybridized carbons (Fsp3) is 0.0714. The number of carbonyl (C=O) groups excluding carboxylic acids is 1. The third-order valence-corrected chi connectivity index (χ3v) is 2.20. The molecule has 0 saturated carbocycles. The fourth-order valence-electron chi connectivity index (χ4n) is 1.30. The molecule has 1 rings (SSSR count). The first-order valence-corrected chi connectivity index (χ1v) is 5.75. The molecule has 0 aliphatic rings. The molecule has 0 aliphatic carbocycles. The number of ether oxygens (including phenoxy) is 1. The largest absolute Gasteiger partial charge is 0.417 e. The summed E-state index contributed by atoms with van der Waals surface area (Å²) < 4.78 is 5.01. The van der Waals surface area contributed by atoms with Crippen LogP contribution in [0, 0.1) is 10.1 Å². The van der Waals surface area contributed by atoms with Gasteiger partial charge in [-0.05, 0) is 25.1 Å². The van der Waals surface area contributed by atoms with Gasteiger partial charge in [-0.1, -0.05) is 24.8 Å². The first-order valence-electron chi connectivity index (χ1n) is 5.75. The van der Waals surface area contributed by atoms with Gasteiger partial charge in [0, 0.05) is 12.1 Å². The van der Waals surface area contributed by atoms with Crippen molar-refractivity contribution >= 4 is 17.5 Å². The number of benzene rings is 1. The van der Waals surface area contributed by atoms with Crippen molar-refractivity contribution in [3.63, 3.8) is 0 Å². The van der Waals surface area contributed by atoms with Gasteiger partial charge in [0.1, 0.15) is 5.76 Å². The van der Waals surface area contributed by atoms with E-state index in [4.69, 9.17) is 4.74 Å². The van der Waals surface area contributed by atoms with E-state index in [2.05, 4.69) is 11.9 Å². The number of anilines is 1. The van der Waals surface area contributed by atoms with Crippen molar-refractivity contribution in [2.45, 2.75) is 6.92 Å². The van der Waals surface area contributed by atoms with Crippen molar-refractivity contribution in [1.82, 2.24) is 0 Å². The number of carbonyl (C=O) groups is 1. The Labute approximate surface area is 116 Å². The van der Waals surface area contributed by atoms with Gasteiger partial charge in [0.2, 0.25) is 0 Å². The highest BCUT2D eigenvalue weighted by atomic mass is 16.6. The van der Waals surface area contributed by atoms with Crippen molar-refractivity contribution < 1.29 is 14.5 Å². The van der Waals surface area contributed by atoms with Crippen LogP contribution in [-0.4, -0.2) is 11.0 Å². The van der Waals surface area contributed by atoms with E-state index in [9.17, 15) is 14.9 Å². The summed E-state index contributed by atoms with van der Waals surface area (Å²) in [5, 5.41) is 13.0. The first kappa shape index (κ1) is 15.2. The second kappa shape index (κ2) is 7.52. The second-order valence-corrected chi connectivity index (χ2v) is 3.61. The number of nitrogens with zero attached hydrogens (tertiary/aromatic N) is 1. The van der Waals surface area contributed by atoms with Gasteiger partial charge < -0.3 is 4.74 Å². The van der Waals surface area contributed by atoms with Crippen LogP contribution < -0.4 is 5.32 Å². The quantitative estimate of drug-likeness (QED) is 0.383. The first-order chi connectivity index (χ1) is 9.56. The van der Waals surface area contributed by atoms with E-state index in [1.54, 1.807) is 31.2 Å². The van der Waals surface area contributed by atoms with Crippen molar-refractivity contribution in [1.29, 1.82) is 0 Å². The molecule has 0 saturated heterocycles. The predicted octanol–water partition coefficient (Wildman–Crippen LogP) is 3.79. The molecule has 6 heteroatoms. The van der Waals surface area contributed by atoms with Crippen LogP contribution in [0.1, 0.15) is 6.92 Å². The smallest absolute Gasteiger partial charge is 0.410 e. The Kier molecular flexibility index (Phi) is 5.71.